The molecule has 1 atom stereocenters. The molecule has 1 aliphatic heterocycles. The first-order valence-electron chi connectivity index (χ1n) is 12.4. The lowest BCUT2D eigenvalue weighted by molar-refractivity contribution is -0.139. The van der Waals surface area contributed by atoms with E-state index in [2.05, 4.69) is 10.2 Å². The zero-order valence-electron chi connectivity index (χ0n) is 20.8. The molecule has 0 aliphatic carbocycles. The number of amides is 1. The highest BCUT2D eigenvalue weighted by Crippen LogP contribution is 2.25. The second-order valence-corrected chi connectivity index (χ2v) is 11.0. The summed E-state index contributed by atoms with van der Waals surface area (Å²) in [6.07, 6.45) is 2.26. The van der Waals surface area contributed by atoms with Crippen LogP contribution in [0.4, 0.5) is 10.1 Å². The van der Waals surface area contributed by atoms with Gasteiger partial charge in [-0.05, 0) is 80.0 Å². The molecule has 1 fully saturated rings. The Kier molecular flexibility index (Phi) is 8.75. The first-order chi connectivity index (χ1) is 18.2. The number of carbonyl (C=O) groups is 2. The molecular formula is C28H30FN3O5S. The number of hydrogen-bond acceptors (Lipinski definition) is 5. The van der Waals surface area contributed by atoms with Crippen LogP contribution in [0.2, 0.25) is 0 Å². The summed E-state index contributed by atoms with van der Waals surface area (Å²) in [7, 11) is -4.00. The Morgan fingerprint density at radius 2 is 1.58 bits per heavy atom. The van der Waals surface area contributed by atoms with E-state index in [1.165, 1.54) is 40.7 Å². The summed E-state index contributed by atoms with van der Waals surface area (Å²) < 4.78 is 41.7. The molecule has 1 aliphatic rings. The van der Waals surface area contributed by atoms with E-state index in [9.17, 15) is 27.5 Å². The Morgan fingerprint density at radius 1 is 0.947 bits per heavy atom. The summed E-state index contributed by atoms with van der Waals surface area (Å²) in [6, 6.07) is 18.5. The maximum absolute atomic E-state index is 13.5. The minimum atomic E-state index is -4.00. The van der Waals surface area contributed by atoms with Crippen molar-refractivity contribution < 1.29 is 27.5 Å². The number of rotatable bonds is 11. The number of carboxylic acid groups (broad SMARTS) is 1. The SMILES string of the molecule is O=C(N[C@@H](Cc1ccccc1)C(=O)O)c1ccc(N(CCN2CCCC2)S(=O)(=O)c2ccc(F)cc2)cc1. The summed E-state index contributed by atoms with van der Waals surface area (Å²) in [4.78, 5) is 26.7. The van der Waals surface area contributed by atoms with E-state index in [-0.39, 0.29) is 23.4 Å². The number of sulfonamides is 1. The number of aliphatic carboxylic acids is 1. The van der Waals surface area contributed by atoms with Crippen molar-refractivity contribution in [3.63, 3.8) is 0 Å². The summed E-state index contributed by atoms with van der Waals surface area (Å²) in [6.45, 7) is 2.51. The number of likely N-dealkylation sites (tertiary alicyclic amines) is 1. The van der Waals surface area contributed by atoms with E-state index >= 15 is 0 Å². The van der Waals surface area contributed by atoms with Crippen LogP contribution in [0, 0.1) is 5.82 Å². The van der Waals surface area contributed by atoms with Gasteiger partial charge in [0.1, 0.15) is 11.9 Å². The van der Waals surface area contributed by atoms with Gasteiger partial charge in [-0.2, -0.15) is 0 Å². The fourth-order valence-corrected chi connectivity index (χ4v) is 5.89. The monoisotopic (exact) mass is 539 g/mol. The molecule has 8 nitrogen and oxygen atoms in total. The molecule has 200 valence electrons. The minimum Gasteiger partial charge on any atom is -0.480 e. The smallest absolute Gasteiger partial charge is 0.326 e. The number of nitrogens with zero attached hydrogens (tertiary/aromatic N) is 2. The molecule has 3 aromatic carbocycles. The molecule has 1 amide bonds. The maximum atomic E-state index is 13.5. The number of hydrogen-bond donors (Lipinski definition) is 2. The van der Waals surface area contributed by atoms with Crippen LogP contribution in [-0.2, 0) is 21.2 Å². The van der Waals surface area contributed by atoms with Crippen LogP contribution >= 0.6 is 0 Å². The van der Waals surface area contributed by atoms with Crippen LogP contribution in [0.15, 0.2) is 83.8 Å². The number of nitrogens with one attached hydrogen (secondary N) is 1. The van der Waals surface area contributed by atoms with E-state index < -0.39 is 33.8 Å². The lowest BCUT2D eigenvalue weighted by atomic mass is 10.1. The Hall–Kier alpha value is -3.76. The molecule has 4 rings (SSSR count). The fraction of sp³-hybridized carbons (Fsp3) is 0.286. The predicted molar refractivity (Wildman–Crippen MR) is 142 cm³/mol. The van der Waals surface area contributed by atoms with Gasteiger partial charge in [-0.3, -0.25) is 9.10 Å². The third-order valence-corrected chi connectivity index (χ3v) is 8.36. The molecule has 2 N–H and O–H groups in total. The van der Waals surface area contributed by atoms with Crippen LogP contribution in [0.5, 0.6) is 0 Å². The van der Waals surface area contributed by atoms with Crippen molar-refractivity contribution in [2.24, 2.45) is 0 Å². The molecule has 0 aromatic heterocycles. The van der Waals surface area contributed by atoms with Gasteiger partial charge in [-0.15, -0.1) is 0 Å². The zero-order chi connectivity index (χ0) is 27.1. The quantitative estimate of drug-likeness (QED) is 0.386. The van der Waals surface area contributed by atoms with Gasteiger partial charge < -0.3 is 15.3 Å². The number of halogens is 1. The number of anilines is 1. The summed E-state index contributed by atoms with van der Waals surface area (Å²) >= 11 is 0. The summed E-state index contributed by atoms with van der Waals surface area (Å²) in [5, 5.41) is 12.1. The predicted octanol–water partition coefficient (Wildman–Crippen LogP) is 3.54. The highest BCUT2D eigenvalue weighted by atomic mass is 32.2. The van der Waals surface area contributed by atoms with Crippen LogP contribution < -0.4 is 9.62 Å². The molecule has 0 unspecified atom stereocenters. The van der Waals surface area contributed by atoms with Crippen LogP contribution in [0.3, 0.4) is 0 Å². The third-order valence-electron chi connectivity index (χ3n) is 6.52. The molecule has 0 bridgehead atoms. The molecule has 10 heteroatoms. The Balaban J connectivity index is 1.53. The van der Waals surface area contributed by atoms with E-state index in [1.54, 1.807) is 24.3 Å². The first kappa shape index (κ1) is 27.3. The van der Waals surface area contributed by atoms with Gasteiger partial charge >= 0.3 is 5.97 Å². The molecule has 3 aromatic rings. The van der Waals surface area contributed by atoms with Crippen LogP contribution in [0.25, 0.3) is 0 Å². The van der Waals surface area contributed by atoms with Crippen LogP contribution in [-0.4, -0.2) is 62.5 Å². The van der Waals surface area contributed by atoms with Crippen molar-refractivity contribution >= 4 is 27.6 Å². The molecule has 1 saturated heterocycles. The van der Waals surface area contributed by atoms with Gasteiger partial charge in [0.15, 0.2) is 0 Å². The number of benzene rings is 3. The van der Waals surface area contributed by atoms with Crippen LogP contribution in [0.1, 0.15) is 28.8 Å². The number of carbonyl (C=O) groups excluding carboxylic acids is 1. The van der Waals surface area contributed by atoms with Crippen molar-refractivity contribution in [3.8, 4) is 0 Å². The average molecular weight is 540 g/mol. The molecule has 0 radical (unpaired) electrons. The van der Waals surface area contributed by atoms with Gasteiger partial charge in [-0.25, -0.2) is 17.6 Å². The van der Waals surface area contributed by atoms with E-state index in [1.807, 2.05) is 6.07 Å². The van der Waals surface area contributed by atoms with Crippen molar-refractivity contribution in [1.82, 2.24) is 10.2 Å². The average Bonchev–Trinajstić information content (AvgIpc) is 3.43. The van der Waals surface area contributed by atoms with Crippen molar-refractivity contribution in [2.75, 3.05) is 30.5 Å². The van der Waals surface area contributed by atoms with Crippen molar-refractivity contribution in [1.29, 1.82) is 0 Å². The Morgan fingerprint density at radius 3 is 2.18 bits per heavy atom. The van der Waals surface area contributed by atoms with Gasteiger partial charge in [0.2, 0.25) is 0 Å². The van der Waals surface area contributed by atoms with Gasteiger partial charge in [0, 0.05) is 25.1 Å². The second-order valence-electron chi connectivity index (χ2n) is 9.18. The molecule has 0 spiro atoms. The number of carboxylic acids is 1. The normalized spacial score (nSPS) is 14.7. The Bertz CT molecular complexity index is 1340. The minimum absolute atomic E-state index is 0.0349. The van der Waals surface area contributed by atoms with Crippen molar-refractivity contribution in [3.05, 3.63) is 95.8 Å². The maximum Gasteiger partial charge on any atom is 0.326 e. The topological polar surface area (TPSA) is 107 Å². The Labute approximate surface area is 221 Å². The van der Waals surface area contributed by atoms with E-state index in [0.29, 0.717) is 12.2 Å². The molecule has 1 heterocycles. The molecule has 0 saturated carbocycles. The van der Waals surface area contributed by atoms with E-state index in [4.69, 9.17) is 0 Å². The second kappa shape index (κ2) is 12.2. The van der Waals surface area contributed by atoms with E-state index in [0.717, 1.165) is 43.6 Å². The van der Waals surface area contributed by atoms with Gasteiger partial charge in [0.25, 0.3) is 15.9 Å². The van der Waals surface area contributed by atoms with Crippen molar-refractivity contribution in [2.45, 2.75) is 30.2 Å². The summed E-state index contributed by atoms with van der Waals surface area (Å²) in [5.41, 5.74) is 1.33. The lowest BCUT2D eigenvalue weighted by Gasteiger charge is -2.27. The first-order valence-corrected chi connectivity index (χ1v) is 13.9. The summed E-state index contributed by atoms with van der Waals surface area (Å²) in [5.74, 6) is -2.27. The highest BCUT2D eigenvalue weighted by molar-refractivity contribution is 7.92. The van der Waals surface area contributed by atoms with Gasteiger partial charge in [-0.1, -0.05) is 30.3 Å². The largest absolute Gasteiger partial charge is 0.480 e. The lowest BCUT2D eigenvalue weighted by Crippen LogP contribution is -2.42. The highest BCUT2D eigenvalue weighted by Gasteiger charge is 2.27. The molecule has 38 heavy (non-hydrogen) atoms. The molecular weight excluding hydrogens is 509 g/mol. The zero-order valence-corrected chi connectivity index (χ0v) is 21.6. The van der Waals surface area contributed by atoms with Gasteiger partial charge in [0.05, 0.1) is 10.6 Å². The third kappa shape index (κ3) is 6.76. The standard InChI is InChI=1S/C28H30FN3O5S/c29-23-10-14-25(15-11-23)38(36,37)32(19-18-31-16-4-5-17-31)24-12-8-22(9-13-24)27(33)30-26(28(34)35)20-21-6-2-1-3-7-21/h1-3,6-15,26H,4-5,16-20H2,(H,30,33)(H,34,35)/t26-/m0/s1. The fourth-order valence-electron chi connectivity index (χ4n) is 4.43.